The van der Waals surface area contributed by atoms with Gasteiger partial charge < -0.3 is 35.4 Å². The molecule has 0 bridgehead atoms. The van der Waals surface area contributed by atoms with Crippen molar-refractivity contribution in [2.75, 3.05) is 78.1 Å². The molecule has 0 amide bonds. The third-order valence-electron chi connectivity index (χ3n) is 10.6. The number of carboxylic acid groups (broad SMARTS) is 1. The molecule has 6 aromatic rings. The quantitative estimate of drug-likeness (QED) is 0.0552. The Hall–Kier alpha value is -5.60. The van der Waals surface area contributed by atoms with E-state index in [1.807, 2.05) is 74.9 Å². The number of nitrogens with zero attached hydrogens (tertiary/aromatic N) is 4. The van der Waals surface area contributed by atoms with Gasteiger partial charge in [0, 0.05) is 89.3 Å². The lowest BCUT2D eigenvalue weighted by Crippen LogP contribution is -2.46. The van der Waals surface area contributed by atoms with Crippen molar-refractivity contribution in [3.63, 3.8) is 0 Å². The predicted octanol–water partition coefficient (Wildman–Crippen LogP) is 8.94. The molecule has 60 heavy (non-hydrogen) atoms. The molecule has 0 radical (unpaired) electrons. The van der Waals surface area contributed by atoms with E-state index in [-0.39, 0.29) is 16.6 Å². The zero-order chi connectivity index (χ0) is 42.4. The monoisotopic (exact) mass is 863 g/mol. The van der Waals surface area contributed by atoms with Gasteiger partial charge in [0.25, 0.3) is 10.0 Å². The van der Waals surface area contributed by atoms with Gasteiger partial charge in [-0.05, 0) is 117 Å². The van der Waals surface area contributed by atoms with E-state index >= 15 is 0 Å². The number of aromatic carboxylic acids is 1. The molecular formula is C46H50ClN7O4S2. The van der Waals surface area contributed by atoms with E-state index in [2.05, 4.69) is 49.0 Å². The number of nitrogens with one attached hydrogen (secondary N) is 2. The Labute approximate surface area is 361 Å². The SMILES string of the molecule is CN(C)CC[C@H](CSc1ccccc1)Nc1ccc(S(=O)(=O)Nc2ccc(N3CCN(c4cccc(-c5c(-c6ccc(Cl)cc6)cn(C)c5C(=O)O)c4)CC3)cc2)cc1N. The molecule has 2 heterocycles. The maximum Gasteiger partial charge on any atom is 0.353 e. The number of sulfonamides is 1. The first kappa shape index (κ1) is 42.5. The molecule has 5 aromatic carbocycles. The van der Waals surface area contributed by atoms with Crippen LogP contribution in [0.25, 0.3) is 22.3 Å². The van der Waals surface area contributed by atoms with Gasteiger partial charge in [0.15, 0.2) is 0 Å². The molecule has 0 saturated carbocycles. The maximum absolute atomic E-state index is 13.5. The maximum atomic E-state index is 13.5. The number of nitrogen functional groups attached to an aromatic ring is 1. The number of hydrogen-bond donors (Lipinski definition) is 4. The number of aromatic nitrogens is 1. The second kappa shape index (κ2) is 18.8. The van der Waals surface area contributed by atoms with Crippen molar-refractivity contribution >= 4 is 67.8 Å². The van der Waals surface area contributed by atoms with E-state index < -0.39 is 16.0 Å². The summed E-state index contributed by atoms with van der Waals surface area (Å²) < 4.78 is 31.4. The third kappa shape index (κ3) is 10.2. The number of rotatable bonds is 16. The summed E-state index contributed by atoms with van der Waals surface area (Å²) in [6, 6.07) is 38.1. The highest BCUT2D eigenvalue weighted by molar-refractivity contribution is 7.99. The zero-order valence-corrected chi connectivity index (χ0v) is 36.3. The van der Waals surface area contributed by atoms with Crippen LogP contribution in [0, 0.1) is 0 Å². The molecule has 1 saturated heterocycles. The van der Waals surface area contributed by atoms with Crippen molar-refractivity contribution in [3.05, 3.63) is 138 Å². The van der Waals surface area contributed by atoms with E-state index in [9.17, 15) is 18.3 Å². The van der Waals surface area contributed by atoms with Crippen LogP contribution < -0.4 is 25.6 Å². The highest BCUT2D eigenvalue weighted by atomic mass is 35.5. The number of benzene rings is 5. The Morgan fingerprint density at radius 1 is 0.850 bits per heavy atom. The van der Waals surface area contributed by atoms with Crippen LogP contribution in [0.4, 0.5) is 28.4 Å². The predicted molar refractivity (Wildman–Crippen MR) is 249 cm³/mol. The van der Waals surface area contributed by atoms with E-state index in [1.165, 1.54) is 11.0 Å². The van der Waals surface area contributed by atoms with Gasteiger partial charge in [-0.3, -0.25) is 4.72 Å². The molecule has 1 atom stereocenters. The van der Waals surface area contributed by atoms with Gasteiger partial charge in [-0.2, -0.15) is 0 Å². The summed E-state index contributed by atoms with van der Waals surface area (Å²) in [5.74, 6) is -0.163. The Morgan fingerprint density at radius 2 is 1.53 bits per heavy atom. The molecule has 0 spiro atoms. The van der Waals surface area contributed by atoms with Crippen LogP contribution in [0.1, 0.15) is 16.9 Å². The largest absolute Gasteiger partial charge is 0.477 e. The fourth-order valence-electron chi connectivity index (χ4n) is 7.44. The summed E-state index contributed by atoms with van der Waals surface area (Å²) in [6.07, 6.45) is 2.75. The smallest absolute Gasteiger partial charge is 0.353 e. The van der Waals surface area contributed by atoms with Crippen LogP contribution in [-0.2, 0) is 17.1 Å². The van der Waals surface area contributed by atoms with Gasteiger partial charge in [0.05, 0.1) is 16.3 Å². The molecule has 14 heteroatoms. The number of nitrogens with two attached hydrogens (primary N) is 1. The topological polar surface area (TPSA) is 136 Å². The van der Waals surface area contributed by atoms with Gasteiger partial charge in [-0.1, -0.05) is 54.1 Å². The van der Waals surface area contributed by atoms with Gasteiger partial charge >= 0.3 is 5.97 Å². The number of carbonyl (C=O) groups is 1. The van der Waals surface area contributed by atoms with E-state index in [0.29, 0.717) is 27.6 Å². The average molecular weight is 865 g/mol. The van der Waals surface area contributed by atoms with Crippen molar-refractivity contribution in [2.24, 2.45) is 7.05 Å². The van der Waals surface area contributed by atoms with Crippen LogP contribution in [0.2, 0.25) is 5.02 Å². The Kier molecular flexibility index (Phi) is 13.3. The zero-order valence-electron chi connectivity index (χ0n) is 33.9. The van der Waals surface area contributed by atoms with Crippen molar-refractivity contribution in [2.45, 2.75) is 22.3 Å². The first-order chi connectivity index (χ1) is 28.8. The number of hydrogen-bond acceptors (Lipinski definition) is 9. The lowest BCUT2D eigenvalue weighted by Gasteiger charge is -2.37. The minimum absolute atomic E-state index is 0.0889. The van der Waals surface area contributed by atoms with Gasteiger partial charge in [0.1, 0.15) is 5.69 Å². The molecule has 11 nitrogen and oxygen atoms in total. The van der Waals surface area contributed by atoms with Crippen LogP contribution in [0.5, 0.6) is 0 Å². The number of halogens is 1. The van der Waals surface area contributed by atoms with Crippen LogP contribution >= 0.6 is 23.4 Å². The number of piperazine rings is 1. The summed E-state index contributed by atoms with van der Waals surface area (Å²) >= 11 is 7.93. The Bertz CT molecular complexity index is 2530. The fraction of sp³-hybridized carbons (Fsp3) is 0.239. The molecular weight excluding hydrogens is 814 g/mol. The lowest BCUT2D eigenvalue weighted by molar-refractivity contribution is 0.0687. The molecule has 312 valence electrons. The second-order valence-electron chi connectivity index (χ2n) is 15.2. The first-order valence-electron chi connectivity index (χ1n) is 19.7. The molecule has 5 N–H and O–H groups in total. The molecule has 1 aliphatic heterocycles. The Morgan fingerprint density at radius 3 is 2.18 bits per heavy atom. The average Bonchev–Trinajstić information content (AvgIpc) is 3.60. The summed E-state index contributed by atoms with van der Waals surface area (Å²) in [4.78, 5) is 20.5. The molecule has 0 aliphatic carbocycles. The van der Waals surface area contributed by atoms with Crippen LogP contribution in [0.3, 0.4) is 0 Å². The summed E-state index contributed by atoms with van der Waals surface area (Å²) in [5, 5.41) is 14.4. The highest BCUT2D eigenvalue weighted by Crippen LogP contribution is 2.39. The minimum Gasteiger partial charge on any atom is -0.477 e. The highest BCUT2D eigenvalue weighted by Gasteiger charge is 2.25. The number of thioether (sulfide) groups is 1. The number of aryl methyl sites for hydroxylation is 1. The van der Waals surface area contributed by atoms with E-state index in [0.717, 1.165) is 73.0 Å². The van der Waals surface area contributed by atoms with E-state index in [4.69, 9.17) is 17.3 Å². The Balaban J connectivity index is 0.977. The van der Waals surface area contributed by atoms with Gasteiger partial charge in [0.2, 0.25) is 0 Å². The lowest BCUT2D eigenvalue weighted by atomic mass is 9.96. The summed E-state index contributed by atoms with van der Waals surface area (Å²) in [7, 11) is 1.94. The summed E-state index contributed by atoms with van der Waals surface area (Å²) in [6.45, 7) is 3.89. The molecule has 1 aliphatic rings. The van der Waals surface area contributed by atoms with Gasteiger partial charge in [-0.15, -0.1) is 11.8 Å². The van der Waals surface area contributed by atoms with Crippen molar-refractivity contribution in [1.29, 1.82) is 0 Å². The van der Waals surface area contributed by atoms with Crippen molar-refractivity contribution in [1.82, 2.24) is 9.47 Å². The first-order valence-corrected chi connectivity index (χ1v) is 22.6. The van der Waals surface area contributed by atoms with Crippen LogP contribution in [0.15, 0.2) is 137 Å². The minimum atomic E-state index is -3.90. The molecule has 1 aromatic heterocycles. The second-order valence-corrected chi connectivity index (χ2v) is 18.4. The van der Waals surface area contributed by atoms with Gasteiger partial charge in [-0.25, -0.2) is 13.2 Å². The number of anilines is 5. The van der Waals surface area contributed by atoms with Crippen molar-refractivity contribution in [3.8, 4) is 22.3 Å². The molecule has 1 fully saturated rings. The number of carboxylic acids is 1. The fourth-order valence-corrected chi connectivity index (χ4v) is 9.66. The summed E-state index contributed by atoms with van der Waals surface area (Å²) in [5.41, 5.74) is 13.4. The molecule has 0 unspecified atom stereocenters. The van der Waals surface area contributed by atoms with E-state index in [1.54, 1.807) is 59.8 Å². The van der Waals surface area contributed by atoms with Crippen LogP contribution in [-0.4, -0.2) is 87.6 Å². The normalized spacial score (nSPS) is 13.7. The third-order valence-corrected chi connectivity index (χ3v) is 13.4. The standard InChI is InChI=1S/C46H50ClN7O4S2/c1-51(2)23-22-36(31-59-39-10-5-4-6-11-39)49-43-21-20-40(29-42(43)48)60(57,58)50-35-16-18-37(19-17-35)53-24-26-54(27-25-53)38-9-7-8-33(28-38)44-41(30-52(3)45(44)46(55)56)32-12-14-34(47)15-13-32/h4-21,28-30,36,49-50H,22-27,31,48H2,1-3H3,(H,55,56)/t36-/m1/s1. The molecule has 7 rings (SSSR count). The van der Waals surface area contributed by atoms with Crippen molar-refractivity contribution < 1.29 is 18.3 Å².